The quantitative estimate of drug-likeness (QED) is 0.615. The Kier molecular flexibility index (Phi) is 4.58. The molecule has 0 atom stereocenters. The fourth-order valence-corrected chi connectivity index (χ4v) is 1.45. The highest BCUT2D eigenvalue weighted by atomic mass is 15.3. The Labute approximate surface area is 81.0 Å². The molecule has 0 amide bonds. The molecule has 0 aromatic carbocycles. The Morgan fingerprint density at radius 1 is 1.23 bits per heavy atom. The minimum Gasteiger partial charge on any atom is -0.273 e. The molecule has 1 rings (SSSR count). The van der Waals surface area contributed by atoms with Crippen LogP contribution in [0.25, 0.3) is 0 Å². The molecule has 2 nitrogen and oxygen atoms in total. The molecular formula is C11H20N2. The highest BCUT2D eigenvalue weighted by molar-refractivity contribution is 4.98. The summed E-state index contributed by atoms with van der Waals surface area (Å²) in [5, 5.41) is 4.49. The molecule has 0 aliphatic rings. The number of aryl methyl sites for hydroxylation is 2. The molecule has 0 radical (unpaired) electrons. The van der Waals surface area contributed by atoms with Gasteiger partial charge >= 0.3 is 0 Å². The highest BCUT2D eigenvalue weighted by Crippen LogP contribution is 2.04. The molecule has 74 valence electrons. The number of nitrogens with zero attached hydrogens (tertiary/aromatic N) is 2. The molecule has 0 unspecified atom stereocenters. The van der Waals surface area contributed by atoms with Crippen molar-refractivity contribution in [1.29, 1.82) is 0 Å². The number of aromatic nitrogens is 2. The molecule has 0 N–H and O–H groups in total. The minimum absolute atomic E-state index is 1.05. The topological polar surface area (TPSA) is 17.8 Å². The summed E-state index contributed by atoms with van der Waals surface area (Å²) in [4.78, 5) is 0. The molecule has 2 heteroatoms. The van der Waals surface area contributed by atoms with Gasteiger partial charge in [-0.15, -0.1) is 0 Å². The Bertz CT molecular complexity index is 228. The Morgan fingerprint density at radius 3 is 2.77 bits per heavy atom. The maximum Gasteiger partial charge on any atom is 0.0624 e. The van der Waals surface area contributed by atoms with E-state index >= 15 is 0 Å². The summed E-state index contributed by atoms with van der Waals surface area (Å²) < 4.78 is 2.04. The van der Waals surface area contributed by atoms with Crippen molar-refractivity contribution >= 4 is 0 Å². The Balaban J connectivity index is 2.31. The molecule has 0 aliphatic carbocycles. The van der Waals surface area contributed by atoms with Gasteiger partial charge in [-0.05, 0) is 25.3 Å². The summed E-state index contributed by atoms with van der Waals surface area (Å²) in [5.41, 5.74) is 1.25. The van der Waals surface area contributed by atoms with Crippen LogP contribution in [-0.2, 0) is 13.0 Å². The monoisotopic (exact) mass is 180 g/mol. The summed E-state index contributed by atoms with van der Waals surface area (Å²) in [6.45, 7) is 5.46. The van der Waals surface area contributed by atoms with Crippen molar-refractivity contribution in [2.45, 2.75) is 52.5 Å². The van der Waals surface area contributed by atoms with Crippen LogP contribution in [0.1, 0.15) is 45.2 Å². The van der Waals surface area contributed by atoms with Gasteiger partial charge in [0.15, 0.2) is 0 Å². The van der Waals surface area contributed by atoms with Crippen LogP contribution >= 0.6 is 0 Å². The summed E-state index contributed by atoms with van der Waals surface area (Å²) in [5.74, 6) is 0. The van der Waals surface area contributed by atoms with Crippen LogP contribution in [0.15, 0.2) is 12.3 Å². The molecular weight excluding hydrogens is 160 g/mol. The predicted octanol–water partition coefficient (Wildman–Crippen LogP) is 3.03. The van der Waals surface area contributed by atoms with Crippen molar-refractivity contribution in [1.82, 2.24) is 9.78 Å². The first-order valence-electron chi connectivity index (χ1n) is 5.39. The smallest absolute Gasteiger partial charge is 0.0624 e. The second kappa shape index (κ2) is 5.79. The van der Waals surface area contributed by atoms with Crippen molar-refractivity contribution in [2.75, 3.05) is 0 Å². The minimum atomic E-state index is 1.05. The van der Waals surface area contributed by atoms with Crippen LogP contribution in [0.5, 0.6) is 0 Å². The highest BCUT2D eigenvalue weighted by Gasteiger charge is 1.97. The average molecular weight is 180 g/mol. The summed E-state index contributed by atoms with van der Waals surface area (Å²) in [6, 6.07) is 2.14. The lowest BCUT2D eigenvalue weighted by Crippen LogP contribution is -1.98. The largest absolute Gasteiger partial charge is 0.273 e. The van der Waals surface area contributed by atoms with E-state index < -0.39 is 0 Å². The summed E-state index contributed by atoms with van der Waals surface area (Å²) >= 11 is 0. The molecule has 0 aliphatic heterocycles. The second-order valence-electron chi connectivity index (χ2n) is 3.53. The average Bonchev–Trinajstić information content (AvgIpc) is 2.54. The van der Waals surface area contributed by atoms with Crippen molar-refractivity contribution in [3.8, 4) is 0 Å². The van der Waals surface area contributed by atoms with Gasteiger partial charge < -0.3 is 0 Å². The van der Waals surface area contributed by atoms with Crippen LogP contribution in [0, 0.1) is 0 Å². The van der Waals surface area contributed by atoms with Gasteiger partial charge in [0.05, 0.1) is 5.69 Å². The second-order valence-corrected chi connectivity index (χ2v) is 3.53. The fraction of sp³-hybridized carbons (Fsp3) is 0.727. The molecule has 0 fully saturated rings. The van der Waals surface area contributed by atoms with E-state index in [9.17, 15) is 0 Å². The first-order chi connectivity index (χ1) is 6.36. The van der Waals surface area contributed by atoms with E-state index in [-0.39, 0.29) is 0 Å². The van der Waals surface area contributed by atoms with E-state index in [2.05, 4.69) is 31.2 Å². The zero-order valence-corrected chi connectivity index (χ0v) is 8.79. The van der Waals surface area contributed by atoms with Crippen molar-refractivity contribution in [2.24, 2.45) is 0 Å². The maximum atomic E-state index is 4.49. The first-order valence-corrected chi connectivity index (χ1v) is 5.39. The molecule has 0 bridgehead atoms. The Morgan fingerprint density at radius 2 is 2.08 bits per heavy atom. The number of hydrogen-bond acceptors (Lipinski definition) is 1. The van der Waals surface area contributed by atoms with Crippen LogP contribution in [0.4, 0.5) is 0 Å². The SMILES string of the molecule is CCCCCc1ccn(CCC)n1. The van der Waals surface area contributed by atoms with Gasteiger partial charge in [0.1, 0.15) is 0 Å². The van der Waals surface area contributed by atoms with Gasteiger partial charge in [0, 0.05) is 12.7 Å². The lowest BCUT2D eigenvalue weighted by Gasteiger charge is -1.97. The lowest BCUT2D eigenvalue weighted by molar-refractivity contribution is 0.588. The zero-order valence-electron chi connectivity index (χ0n) is 8.79. The van der Waals surface area contributed by atoms with Crippen molar-refractivity contribution in [3.05, 3.63) is 18.0 Å². The summed E-state index contributed by atoms with van der Waals surface area (Å²) in [7, 11) is 0. The van der Waals surface area contributed by atoms with E-state index in [1.54, 1.807) is 0 Å². The van der Waals surface area contributed by atoms with E-state index in [1.165, 1.54) is 25.0 Å². The van der Waals surface area contributed by atoms with Crippen LogP contribution in [0.3, 0.4) is 0 Å². The van der Waals surface area contributed by atoms with Crippen LogP contribution in [-0.4, -0.2) is 9.78 Å². The molecule has 1 aromatic rings. The number of rotatable bonds is 6. The van der Waals surface area contributed by atoms with E-state index in [1.807, 2.05) is 4.68 Å². The van der Waals surface area contributed by atoms with Gasteiger partial charge in [0.25, 0.3) is 0 Å². The fourth-order valence-electron chi connectivity index (χ4n) is 1.45. The maximum absolute atomic E-state index is 4.49. The standard InChI is InChI=1S/C11H20N2/c1-3-5-6-7-11-8-10-13(12-11)9-4-2/h8,10H,3-7,9H2,1-2H3. The Hall–Kier alpha value is -0.790. The van der Waals surface area contributed by atoms with Crippen LogP contribution in [0.2, 0.25) is 0 Å². The molecule has 0 spiro atoms. The van der Waals surface area contributed by atoms with Gasteiger partial charge in [-0.3, -0.25) is 4.68 Å². The van der Waals surface area contributed by atoms with Gasteiger partial charge in [-0.25, -0.2) is 0 Å². The summed E-state index contributed by atoms with van der Waals surface area (Å²) in [6.07, 6.45) is 8.28. The molecule has 1 aromatic heterocycles. The number of unbranched alkanes of at least 4 members (excludes halogenated alkanes) is 2. The zero-order chi connectivity index (χ0) is 9.52. The third-order valence-electron chi connectivity index (χ3n) is 2.19. The lowest BCUT2D eigenvalue weighted by atomic mass is 10.2. The third-order valence-corrected chi connectivity index (χ3v) is 2.19. The van der Waals surface area contributed by atoms with Gasteiger partial charge in [0.2, 0.25) is 0 Å². The van der Waals surface area contributed by atoms with Crippen LogP contribution < -0.4 is 0 Å². The third kappa shape index (κ3) is 3.62. The normalized spacial score (nSPS) is 10.6. The van der Waals surface area contributed by atoms with Gasteiger partial charge in [-0.2, -0.15) is 5.10 Å². The first kappa shape index (κ1) is 10.3. The predicted molar refractivity (Wildman–Crippen MR) is 55.7 cm³/mol. The van der Waals surface area contributed by atoms with E-state index in [0.717, 1.165) is 19.4 Å². The van der Waals surface area contributed by atoms with Crippen molar-refractivity contribution < 1.29 is 0 Å². The number of hydrogen-bond donors (Lipinski definition) is 0. The van der Waals surface area contributed by atoms with Crippen molar-refractivity contribution in [3.63, 3.8) is 0 Å². The van der Waals surface area contributed by atoms with E-state index in [0.29, 0.717) is 0 Å². The van der Waals surface area contributed by atoms with E-state index in [4.69, 9.17) is 0 Å². The molecule has 1 heterocycles. The molecule has 13 heavy (non-hydrogen) atoms. The van der Waals surface area contributed by atoms with Gasteiger partial charge in [-0.1, -0.05) is 26.7 Å². The molecule has 0 saturated heterocycles. The molecule has 0 saturated carbocycles.